The van der Waals surface area contributed by atoms with Crippen molar-refractivity contribution in [1.29, 1.82) is 0 Å². The standard InChI is InChI=1S/C11H14ClN3O2/c1-7-2-3-8(12)4-9(7)15-11(17)6-14-10(16)5-13/h2-4H,5-6,13H2,1H3,(H,14,16)(H,15,17). The number of nitrogens with one attached hydrogen (secondary N) is 2. The fourth-order valence-electron chi connectivity index (χ4n) is 1.17. The maximum absolute atomic E-state index is 11.5. The van der Waals surface area contributed by atoms with Crippen LogP contribution in [0.3, 0.4) is 0 Å². The lowest BCUT2D eigenvalue weighted by molar-refractivity contribution is -0.123. The van der Waals surface area contributed by atoms with Gasteiger partial charge in [0, 0.05) is 10.7 Å². The maximum atomic E-state index is 11.5. The summed E-state index contributed by atoms with van der Waals surface area (Å²) in [6.45, 7) is 1.61. The van der Waals surface area contributed by atoms with Gasteiger partial charge in [-0.05, 0) is 24.6 Å². The molecule has 1 aromatic rings. The van der Waals surface area contributed by atoms with E-state index in [4.69, 9.17) is 17.3 Å². The summed E-state index contributed by atoms with van der Waals surface area (Å²) in [4.78, 5) is 22.3. The molecule has 0 aliphatic rings. The van der Waals surface area contributed by atoms with Gasteiger partial charge in [-0.15, -0.1) is 0 Å². The summed E-state index contributed by atoms with van der Waals surface area (Å²) in [6.07, 6.45) is 0. The Balaban J connectivity index is 2.56. The van der Waals surface area contributed by atoms with Gasteiger partial charge >= 0.3 is 0 Å². The summed E-state index contributed by atoms with van der Waals surface area (Å²) >= 11 is 5.81. The summed E-state index contributed by atoms with van der Waals surface area (Å²) in [6, 6.07) is 5.19. The molecule has 0 aliphatic heterocycles. The molecule has 0 aromatic heterocycles. The number of carbonyl (C=O) groups excluding carboxylic acids is 2. The first-order chi connectivity index (χ1) is 8.02. The molecule has 1 aromatic carbocycles. The Bertz CT molecular complexity index is 435. The van der Waals surface area contributed by atoms with Crippen LogP contribution in [-0.4, -0.2) is 24.9 Å². The molecule has 0 unspecified atom stereocenters. The Morgan fingerprint density at radius 2 is 2.06 bits per heavy atom. The highest BCUT2D eigenvalue weighted by Gasteiger charge is 2.06. The lowest BCUT2D eigenvalue weighted by atomic mass is 10.2. The second-order valence-corrected chi connectivity index (χ2v) is 3.92. The average Bonchev–Trinajstić information content (AvgIpc) is 2.30. The molecule has 0 fully saturated rings. The van der Waals surface area contributed by atoms with Crippen LogP contribution < -0.4 is 16.4 Å². The van der Waals surface area contributed by atoms with Crippen molar-refractivity contribution in [2.75, 3.05) is 18.4 Å². The highest BCUT2D eigenvalue weighted by molar-refractivity contribution is 6.31. The Kier molecular flexibility index (Phi) is 4.93. The van der Waals surface area contributed by atoms with Crippen LogP contribution in [0.15, 0.2) is 18.2 Å². The van der Waals surface area contributed by atoms with Crippen LogP contribution >= 0.6 is 11.6 Å². The second kappa shape index (κ2) is 6.22. The van der Waals surface area contributed by atoms with Gasteiger partial charge in [-0.25, -0.2) is 0 Å². The van der Waals surface area contributed by atoms with Gasteiger partial charge in [0.15, 0.2) is 0 Å². The Morgan fingerprint density at radius 1 is 1.35 bits per heavy atom. The topological polar surface area (TPSA) is 84.2 Å². The van der Waals surface area contributed by atoms with Gasteiger partial charge in [0.05, 0.1) is 13.1 Å². The molecule has 0 aliphatic carbocycles. The number of hydrogen-bond donors (Lipinski definition) is 3. The van der Waals surface area contributed by atoms with Crippen LogP contribution in [0.4, 0.5) is 5.69 Å². The van der Waals surface area contributed by atoms with Crippen LogP contribution in [-0.2, 0) is 9.59 Å². The quantitative estimate of drug-likeness (QED) is 0.739. The zero-order valence-corrected chi connectivity index (χ0v) is 10.2. The molecule has 0 radical (unpaired) electrons. The van der Waals surface area contributed by atoms with E-state index in [9.17, 15) is 9.59 Å². The predicted octanol–water partition coefficient (Wildman–Crippen LogP) is 0.662. The van der Waals surface area contributed by atoms with E-state index < -0.39 is 0 Å². The van der Waals surface area contributed by atoms with Gasteiger partial charge in [-0.3, -0.25) is 9.59 Å². The van der Waals surface area contributed by atoms with Crippen LogP contribution in [0, 0.1) is 6.92 Å². The number of amides is 2. The van der Waals surface area contributed by atoms with Crippen molar-refractivity contribution < 1.29 is 9.59 Å². The summed E-state index contributed by atoms with van der Waals surface area (Å²) in [5.41, 5.74) is 6.62. The fraction of sp³-hybridized carbons (Fsp3) is 0.273. The molecule has 0 saturated carbocycles. The molecule has 92 valence electrons. The molecule has 0 saturated heterocycles. The van der Waals surface area contributed by atoms with Gasteiger partial charge in [-0.2, -0.15) is 0 Å². The first-order valence-corrected chi connectivity index (χ1v) is 5.43. The minimum absolute atomic E-state index is 0.109. The van der Waals surface area contributed by atoms with E-state index in [-0.39, 0.29) is 24.9 Å². The third kappa shape index (κ3) is 4.42. The van der Waals surface area contributed by atoms with Crippen LogP contribution in [0.25, 0.3) is 0 Å². The molecule has 2 amide bonds. The predicted molar refractivity (Wildman–Crippen MR) is 66.9 cm³/mol. The van der Waals surface area contributed by atoms with E-state index in [1.165, 1.54) is 0 Å². The van der Waals surface area contributed by atoms with E-state index >= 15 is 0 Å². The molecule has 17 heavy (non-hydrogen) atoms. The van der Waals surface area contributed by atoms with Crippen molar-refractivity contribution in [3.8, 4) is 0 Å². The van der Waals surface area contributed by atoms with Crippen molar-refractivity contribution in [2.45, 2.75) is 6.92 Å². The van der Waals surface area contributed by atoms with Gasteiger partial charge < -0.3 is 16.4 Å². The van der Waals surface area contributed by atoms with Gasteiger partial charge in [0.2, 0.25) is 11.8 Å². The first-order valence-electron chi connectivity index (χ1n) is 5.05. The van der Waals surface area contributed by atoms with Crippen molar-refractivity contribution in [2.24, 2.45) is 5.73 Å². The Morgan fingerprint density at radius 3 is 2.71 bits per heavy atom. The van der Waals surface area contributed by atoms with E-state index in [0.717, 1.165) is 5.56 Å². The van der Waals surface area contributed by atoms with E-state index in [1.54, 1.807) is 18.2 Å². The number of anilines is 1. The summed E-state index contributed by atoms with van der Waals surface area (Å²) in [5.74, 6) is -0.694. The first kappa shape index (κ1) is 13.5. The Hall–Kier alpha value is -1.59. The highest BCUT2D eigenvalue weighted by Crippen LogP contribution is 2.19. The van der Waals surface area contributed by atoms with Crippen molar-refractivity contribution in [3.05, 3.63) is 28.8 Å². The number of benzene rings is 1. The molecular formula is C11H14ClN3O2. The molecule has 0 bridgehead atoms. The van der Waals surface area contributed by atoms with Gasteiger partial charge in [0.1, 0.15) is 0 Å². The Labute approximate surface area is 104 Å². The largest absolute Gasteiger partial charge is 0.346 e. The van der Waals surface area contributed by atoms with Crippen LogP contribution in [0.5, 0.6) is 0 Å². The van der Waals surface area contributed by atoms with Crippen molar-refractivity contribution >= 4 is 29.1 Å². The zero-order valence-electron chi connectivity index (χ0n) is 9.42. The monoisotopic (exact) mass is 255 g/mol. The normalized spacial score (nSPS) is 9.82. The SMILES string of the molecule is Cc1ccc(Cl)cc1NC(=O)CNC(=O)CN. The molecule has 6 heteroatoms. The van der Waals surface area contributed by atoms with Gasteiger partial charge in [-0.1, -0.05) is 17.7 Å². The average molecular weight is 256 g/mol. The molecule has 4 N–H and O–H groups in total. The van der Waals surface area contributed by atoms with Gasteiger partial charge in [0.25, 0.3) is 0 Å². The lowest BCUT2D eigenvalue weighted by Gasteiger charge is -2.09. The zero-order chi connectivity index (χ0) is 12.8. The number of carbonyl (C=O) groups is 2. The minimum Gasteiger partial charge on any atom is -0.346 e. The van der Waals surface area contributed by atoms with Crippen LogP contribution in [0.1, 0.15) is 5.56 Å². The molecule has 0 atom stereocenters. The summed E-state index contributed by atoms with van der Waals surface area (Å²) in [5, 5.41) is 5.57. The third-order valence-corrected chi connectivity index (χ3v) is 2.34. The van der Waals surface area contributed by atoms with Crippen molar-refractivity contribution in [3.63, 3.8) is 0 Å². The smallest absolute Gasteiger partial charge is 0.243 e. The summed E-state index contributed by atoms with van der Waals surface area (Å²) < 4.78 is 0. The van der Waals surface area contributed by atoms with Crippen LogP contribution in [0.2, 0.25) is 5.02 Å². The number of hydrogen-bond acceptors (Lipinski definition) is 3. The molecule has 1 rings (SSSR count). The maximum Gasteiger partial charge on any atom is 0.243 e. The number of aryl methyl sites for hydroxylation is 1. The number of halogens is 1. The lowest BCUT2D eigenvalue weighted by Crippen LogP contribution is -2.36. The van der Waals surface area contributed by atoms with E-state index in [0.29, 0.717) is 10.7 Å². The van der Waals surface area contributed by atoms with E-state index in [1.807, 2.05) is 6.92 Å². The third-order valence-electron chi connectivity index (χ3n) is 2.11. The number of rotatable bonds is 4. The minimum atomic E-state index is -0.372. The molecular weight excluding hydrogens is 242 g/mol. The fourth-order valence-corrected chi connectivity index (χ4v) is 1.35. The highest BCUT2D eigenvalue weighted by atomic mass is 35.5. The molecule has 0 spiro atoms. The summed E-state index contributed by atoms with van der Waals surface area (Å²) in [7, 11) is 0. The number of nitrogens with two attached hydrogens (primary N) is 1. The second-order valence-electron chi connectivity index (χ2n) is 3.49. The molecule has 5 nitrogen and oxygen atoms in total. The van der Waals surface area contributed by atoms with E-state index in [2.05, 4.69) is 10.6 Å². The van der Waals surface area contributed by atoms with Crippen molar-refractivity contribution in [1.82, 2.24) is 5.32 Å². The molecule has 0 heterocycles.